The van der Waals surface area contributed by atoms with E-state index < -0.39 is 0 Å². The summed E-state index contributed by atoms with van der Waals surface area (Å²) in [6, 6.07) is 0. The molecule has 0 saturated heterocycles. The average molecular weight is 411 g/mol. The van der Waals surface area contributed by atoms with E-state index in [2.05, 4.69) is 87.2 Å². The summed E-state index contributed by atoms with van der Waals surface area (Å²) in [7, 11) is 0. The molecule has 0 nitrogen and oxygen atoms in total. The molecule has 0 saturated carbocycles. The van der Waals surface area contributed by atoms with E-state index in [9.17, 15) is 0 Å². The summed E-state index contributed by atoms with van der Waals surface area (Å²) < 4.78 is 0. The average Bonchev–Trinajstić information content (AvgIpc) is 2.81. The molecule has 0 spiro atoms. The Bertz CT molecular complexity index is 410. The molecule has 2 heteroatoms. The first-order chi connectivity index (χ1) is 10.1. The third-order valence-electron chi connectivity index (χ3n) is 5.62. The van der Waals surface area contributed by atoms with Gasteiger partial charge >= 0.3 is 26.2 Å². The maximum Gasteiger partial charge on any atom is 3.00 e. The molecule has 0 aliphatic carbocycles. The molecular weight excluding hydrogens is 379 g/mol. The SMILES string of the molecule is Cc1c(C)c(C)[c-](C)c1C.Cc1c(C)c(C)[c-](C)c1C.[CH2-]Cl.[Zr+3]. The van der Waals surface area contributed by atoms with Crippen LogP contribution in [0.3, 0.4) is 0 Å². The molecule has 0 atom stereocenters. The van der Waals surface area contributed by atoms with Gasteiger partial charge in [0.15, 0.2) is 0 Å². The van der Waals surface area contributed by atoms with Gasteiger partial charge in [-0.05, 0) is 0 Å². The largest absolute Gasteiger partial charge is 3.00 e. The van der Waals surface area contributed by atoms with Gasteiger partial charge in [-0.15, -0.1) is 0 Å². The minimum atomic E-state index is 0. The second kappa shape index (κ2) is 10.7. The number of hydrogen-bond donors (Lipinski definition) is 0. The molecule has 127 valence electrons. The first kappa shape index (κ1) is 25.1. The summed E-state index contributed by atoms with van der Waals surface area (Å²) in [6.45, 7) is 22.0. The Labute approximate surface area is 168 Å². The van der Waals surface area contributed by atoms with E-state index in [0.717, 1.165) is 0 Å². The fraction of sp³-hybridized carbons (Fsp3) is 0.476. The topological polar surface area (TPSA) is 0 Å². The Balaban J connectivity index is 0. The second-order valence-electron chi connectivity index (χ2n) is 6.25. The fourth-order valence-electron chi connectivity index (χ4n) is 2.81. The normalized spacial score (nSPS) is 9.39. The smallest absolute Gasteiger partial charge is 0.352 e. The van der Waals surface area contributed by atoms with Gasteiger partial charge in [-0.3, -0.25) is 6.38 Å². The monoisotopic (exact) mass is 409 g/mol. The molecule has 2 aromatic rings. The number of hydrogen-bond acceptors (Lipinski definition) is 0. The fourth-order valence-corrected chi connectivity index (χ4v) is 2.81. The molecule has 0 fully saturated rings. The van der Waals surface area contributed by atoms with Gasteiger partial charge in [0.2, 0.25) is 0 Å². The van der Waals surface area contributed by atoms with Gasteiger partial charge in [-0.2, -0.15) is 55.6 Å². The van der Waals surface area contributed by atoms with E-state index >= 15 is 0 Å². The Hall–Kier alpha value is -0.127. The minimum absolute atomic E-state index is 0. The zero-order valence-corrected chi connectivity index (χ0v) is 19.8. The van der Waals surface area contributed by atoms with Gasteiger partial charge < -0.3 is 11.6 Å². The molecule has 0 aromatic heterocycles. The van der Waals surface area contributed by atoms with Gasteiger partial charge in [-0.1, -0.05) is 69.2 Å². The number of rotatable bonds is 0. The quantitative estimate of drug-likeness (QED) is 0.414. The predicted molar refractivity (Wildman–Crippen MR) is 103 cm³/mol. The van der Waals surface area contributed by atoms with Gasteiger partial charge in [0.05, 0.1) is 0 Å². The van der Waals surface area contributed by atoms with Crippen LogP contribution in [0, 0.1) is 75.6 Å². The van der Waals surface area contributed by atoms with Crippen molar-refractivity contribution in [1.82, 2.24) is 0 Å². The van der Waals surface area contributed by atoms with Crippen molar-refractivity contribution in [3.8, 4) is 0 Å². The Morgan fingerprint density at radius 2 is 0.652 bits per heavy atom. The van der Waals surface area contributed by atoms with Crippen LogP contribution in [0.25, 0.3) is 0 Å². The first-order valence-corrected chi connectivity index (χ1v) is 8.30. The van der Waals surface area contributed by atoms with Crippen molar-refractivity contribution in [2.24, 2.45) is 0 Å². The molecule has 2 rings (SSSR count). The van der Waals surface area contributed by atoms with Crippen LogP contribution in [0.1, 0.15) is 55.6 Å². The Morgan fingerprint density at radius 3 is 0.696 bits per heavy atom. The minimum Gasteiger partial charge on any atom is -0.352 e. The Kier molecular flexibility index (Phi) is 11.7. The third-order valence-corrected chi connectivity index (χ3v) is 5.62. The van der Waals surface area contributed by atoms with Crippen LogP contribution in [0.2, 0.25) is 0 Å². The van der Waals surface area contributed by atoms with Crippen LogP contribution in [0.5, 0.6) is 0 Å². The van der Waals surface area contributed by atoms with Crippen molar-refractivity contribution in [1.29, 1.82) is 0 Å². The zero-order chi connectivity index (χ0) is 17.8. The summed E-state index contributed by atoms with van der Waals surface area (Å²) >= 11 is 4.39. The van der Waals surface area contributed by atoms with Crippen molar-refractivity contribution in [2.75, 3.05) is 0 Å². The van der Waals surface area contributed by atoms with Crippen LogP contribution in [0.15, 0.2) is 0 Å². The van der Waals surface area contributed by atoms with Crippen molar-refractivity contribution >= 4 is 11.6 Å². The Morgan fingerprint density at radius 1 is 0.522 bits per heavy atom. The summed E-state index contributed by atoms with van der Waals surface area (Å²) in [5, 5.41) is 0. The van der Waals surface area contributed by atoms with Gasteiger partial charge in [0, 0.05) is 0 Å². The third kappa shape index (κ3) is 5.43. The second-order valence-corrected chi connectivity index (χ2v) is 6.25. The van der Waals surface area contributed by atoms with E-state index in [4.69, 9.17) is 0 Å². The summed E-state index contributed by atoms with van der Waals surface area (Å²) in [6.07, 6.45) is 2.72. The number of halogens is 1. The van der Waals surface area contributed by atoms with Gasteiger partial charge in [0.1, 0.15) is 0 Å². The maximum absolute atomic E-state index is 4.39. The first-order valence-electron chi connectivity index (χ1n) is 7.77. The molecule has 1 radical (unpaired) electrons. The molecule has 0 aliphatic rings. The molecule has 23 heavy (non-hydrogen) atoms. The van der Waals surface area contributed by atoms with E-state index in [0.29, 0.717) is 0 Å². The molecule has 0 heterocycles. The summed E-state index contributed by atoms with van der Waals surface area (Å²) in [5.41, 5.74) is 14.7. The van der Waals surface area contributed by atoms with E-state index in [1.807, 2.05) is 0 Å². The van der Waals surface area contributed by atoms with Crippen LogP contribution in [0.4, 0.5) is 0 Å². The maximum atomic E-state index is 4.39. The summed E-state index contributed by atoms with van der Waals surface area (Å²) in [5.74, 6) is 0. The van der Waals surface area contributed by atoms with Crippen LogP contribution in [-0.2, 0) is 26.2 Å². The van der Waals surface area contributed by atoms with Gasteiger partial charge in [0.25, 0.3) is 0 Å². The standard InChI is InChI=1S/2C10H15.CH2Cl.Zr/c2*1-6-7(2)9(4)10(5)8(6)3;1-2;/h2*1-5H3;1H2;/q3*-1;+3. The van der Waals surface area contributed by atoms with Crippen molar-refractivity contribution in [2.45, 2.75) is 69.2 Å². The van der Waals surface area contributed by atoms with E-state index in [-0.39, 0.29) is 26.2 Å². The molecule has 0 aliphatic heterocycles. The predicted octanol–water partition coefficient (Wildman–Crippen LogP) is 6.91. The van der Waals surface area contributed by atoms with Crippen molar-refractivity contribution in [3.05, 3.63) is 62.0 Å². The molecule has 0 amide bonds. The molecule has 0 N–H and O–H groups in total. The van der Waals surface area contributed by atoms with Crippen LogP contribution >= 0.6 is 11.6 Å². The molecule has 0 bridgehead atoms. The molecular formula is C21H32ClZr. The molecule has 0 unspecified atom stereocenters. The summed E-state index contributed by atoms with van der Waals surface area (Å²) in [4.78, 5) is 0. The van der Waals surface area contributed by atoms with E-state index in [1.54, 1.807) is 0 Å². The molecule has 2 aromatic carbocycles. The van der Waals surface area contributed by atoms with Crippen LogP contribution < -0.4 is 0 Å². The van der Waals surface area contributed by atoms with Crippen molar-refractivity contribution in [3.63, 3.8) is 0 Å². The van der Waals surface area contributed by atoms with E-state index in [1.165, 1.54) is 55.6 Å². The zero-order valence-electron chi connectivity index (χ0n) is 16.6. The van der Waals surface area contributed by atoms with Crippen LogP contribution in [-0.4, -0.2) is 0 Å². The van der Waals surface area contributed by atoms with Gasteiger partial charge in [-0.25, -0.2) is 0 Å². The van der Waals surface area contributed by atoms with Crippen molar-refractivity contribution < 1.29 is 26.2 Å².